The summed E-state index contributed by atoms with van der Waals surface area (Å²) in [6, 6.07) is 10.3. The van der Waals surface area contributed by atoms with Crippen LogP contribution in [0.15, 0.2) is 35.2 Å². The summed E-state index contributed by atoms with van der Waals surface area (Å²) in [5, 5.41) is 0. The van der Waals surface area contributed by atoms with Gasteiger partial charge in [0.05, 0.1) is 18.0 Å². The molecule has 1 heterocycles. The Morgan fingerprint density at radius 2 is 2.00 bits per heavy atom. The average Bonchev–Trinajstić information content (AvgIpc) is 2.13. The Bertz CT molecular complexity index is 266. The van der Waals surface area contributed by atoms with Crippen molar-refractivity contribution in [3.8, 4) is 0 Å². The summed E-state index contributed by atoms with van der Waals surface area (Å²) in [4.78, 5) is 1.27. The molecule has 0 amide bonds. The molecule has 0 unspecified atom stereocenters. The van der Waals surface area contributed by atoms with E-state index in [9.17, 15) is 0 Å². The number of benzene rings is 1. The molecule has 0 saturated carbocycles. The maximum absolute atomic E-state index is 5.72. The normalized spacial score (nSPS) is 19.5. The van der Waals surface area contributed by atoms with Crippen LogP contribution in [-0.4, -0.2) is 24.5 Å². The van der Waals surface area contributed by atoms with Gasteiger partial charge < -0.3 is 10.5 Å². The van der Waals surface area contributed by atoms with Crippen molar-refractivity contribution in [1.82, 2.24) is 0 Å². The lowest BCUT2D eigenvalue weighted by atomic mass is 10.1. The van der Waals surface area contributed by atoms with Crippen LogP contribution >= 0.6 is 11.8 Å². The molecule has 2 rings (SSSR count). The van der Waals surface area contributed by atoms with Crippen LogP contribution in [0, 0.1) is 0 Å². The third-order valence-electron chi connectivity index (χ3n) is 2.18. The van der Waals surface area contributed by atoms with Crippen molar-refractivity contribution in [2.24, 2.45) is 5.73 Å². The van der Waals surface area contributed by atoms with E-state index in [-0.39, 0.29) is 4.75 Å². The first kappa shape index (κ1) is 9.06. The van der Waals surface area contributed by atoms with Crippen LogP contribution in [0.2, 0.25) is 0 Å². The number of nitrogens with two attached hydrogens (primary N) is 1. The highest BCUT2D eigenvalue weighted by molar-refractivity contribution is 8.00. The van der Waals surface area contributed by atoms with Crippen molar-refractivity contribution in [1.29, 1.82) is 0 Å². The molecule has 0 bridgehead atoms. The summed E-state index contributed by atoms with van der Waals surface area (Å²) < 4.78 is 5.34. The molecule has 70 valence electrons. The minimum absolute atomic E-state index is 0.140. The van der Waals surface area contributed by atoms with E-state index < -0.39 is 0 Å². The third-order valence-corrected chi connectivity index (χ3v) is 3.52. The molecule has 1 aromatic rings. The van der Waals surface area contributed by atoms with Crippen LogP contribution in [0.1, 0.15) is 0 Å². The first-order valence-electron chi connectivity index (χ1n) is 4.37. The zero-order valence-corrected chi connectivity index (χ0v) is 8.22. The van der Waals surface area contributed by atoms with E-state index in [1.165, 1.54) is 4.90 Å². The minimum Gasteiger partial charge on any atom is -0.378 e. The Morgan fingerprint density at radius 3 is 2.46 bits per heavy atom. The van der Waals surface area contributed by atoms with Gasteiger partial charge in [0.25, 0.3) is 0 Å². The fraction of sp³-hybridized carbons (Fsp3) is 0.400. The fourth-order valence-electron chi connectivity index (χ4n) is 1.29. The van der Waals surface area contributed by atoms with E-state index in [1.807, 2.05) is 30.0 Å². The molecule has 1 aromatic carbocycles. The number of ether oxygens (including phenoxy) is 1. The average molecular weight is 195 g/mol. The van der Waals surface area contributed by atoms with Gasteiger partial charge in [0.1, 0.15) is 0 Å². The van der Waals surface area contributed by atoms with Crippen molar-refractivity contribution >= 4 is 11.8 Å². The lowest BCUT2D eigenvalue weighted by molar-refractivity contribution is -0.00434. The highest BCUT2D eigenvalue weighted by Crippen LogP contribution is 2.37. The van der Waals surface area contributed by atoms with Gasteiger partial charge in [-0.25, -0.2) is 0 Å². The van der Waals surface area contributed by atoms with Crippen LogP contribution in [0.25, 0.3) is 0 Å². The van der Waals surface area contributed by atoms with Crippen molar-refractivity contribution in [3.63, 3.8) is 0 Å². The molecule has 1 aliphatic heterocycles. The molecular weight excluding hydrogens is 182 g/mol. The summed E-state index contributed by atoms with van der Waals surface area (Å²) >= 11 is 1.83. The van der Waals surface area contributed by atoms with Crippen LogP contribution < -0.4 is 5.73 Å². The lowest BCUT2D eigenvalue weighted by Gasteiger charge is -2.39. The van der Waals surface area contributed by atoms with Gasteiger partial charge in [-0.3, -0.25) is 0 Å². The molecule has 1 saturated heterocycles. The van der Waals surface area contributed by atoms with E-state index in [2.05, 4.69) is 12.1 Å². The number of thioether (sulfide) groups is 1. The SMILES string of the molecule is NCC1(Sc2ccccc2)COC1. The summed E-state index contributed by atoms with van der Waals surface area (Å²) in [5.74, 6) is 0. The number of hydrogen-bond donors (Lipinski definition) is 1. The van der Waals surface area contributed by atoms with Crippen LogP contribution in [0.3, 0.4) is 0 Å². The van der Waals surface area contributed by atoms with Crippen LogP contribution in [0.4, 0.5) is 0 Å². The second kappa shape index (κ2) is 3.70. The van der Waals surface area contributed by atoms with Gasteiger partial charge in [-0.1, -0.05) is 18.2 Å². The molecule has 0 aromatic heterocycles. The minimum atomic E-state index is 0.140. The van der Waals surface area contributed by atoms with Gasteiger partial charge in [0.2, 0.25) is 0 Å². The second-order valence-corrected chi connectivity index (χ2v) is 4.84. The van der Waals surface area contributed by atoms with Gasteiger partial charge in [0, 0.05) is 11.4 Å². The fourth-order valence-corrected chi connectivity index (χ4v) is 2.45. The Balaban J connectivity index is 2.05. The Hall–Kier alpha value is -0.510. The molecule has 13 heavy (non-hydrogen) atoms. The Morgan fingerprint density at radius 1 is 1.31 bits per heavy atom. The van der Waals surface area contributed by atoms with E-state index >= 15 is 0 Å². The first-order chi connectivity index (χ1) is 6.35. The first-order valence-corrected chi connectivity index (χ1v) is 5.18. The monoisotopic (exact) mass is 195 g/mol. The van der Waals surface area contributed by atoms with Crippen molar-refractivity contribution in [2.75, 3.05) is 19.8 Å². The highest BCUT2D eigenvalue weighted by atomic mass is 32.2. The van der Waals surface area contributed by atoms with Crippen LogP contribution in [0.5, 0.6) is 0 Å². The van der Waals surface area contributed by atoms with Gasteiger partial charge in [-0.15, -0.1) is 11.8 Å². The summed E-state index contributed by atoms with van der Waals surface area (Å²) in [6.07, 6.45) is 0. The van der Waals surface area contributed by atoms with Gasteiger partial charge >= 0.3 is 0 Å². The maximum atomic E-state index is 5.72. The maximum Gasteiger partial charge on any atom is 0.0794 e. The molecular formula is C10H13NOS. The second-order valence-electron chi connectivity index (χ2n) is 3.30. The predicted octanol–water partition coefficient (Wildman–Crippen LogP) is 1.51. The Kier molecular flexibility index (Phi) is 2.58. The Labute approximate surface area is 82.5 Å². The molecule has 0 spiro atoms. The van der Waals surface area contributed by atoms with E-state index in [1.54, 1.807) is 0 Å². The van der Waals surface area contributed by atoms with Crippen molar-refractivity contribution in [3.05, 3.63) is 30.3 Å². The van der Waals surface area contributed by atoms with Gasteiger partial charge in [-0.05, 0) is 12.1 Å². The quantitative estimate of drug-likeness (QED) is 0.794. The summed E-state index contributed by atoms with van der Waals surface area (Å²) in [7, 11) is 0. The molecule has 0 aliphatic carbocycles. The molecule has 3 heteroatoms. The largest absolute Gasteiger partial charge is 0.378 e. The van der Waals surface area contributed by atoms with Crippen LogP contribution in [-0.2, 0) is 4.74 Å². The zero-order valence-electron chi connectivity index (χ0n) is 7.40. The number of rotatable bonds is 3. The lowest BCUT2D eigenvalue weighted by Crippen LogP contribution is -2.52. The highest BCUT2D eigenvalue weighted by Gasteiger charge is 2.38. The van der Waals surface area contributed by atoms with E-state index in [0.717, 1.165) is 13.2 Å². The standard InChI is InChI=1S/C10H13NOS/c11-6-10(7-12-8-10)13-9-4-2-1-3-5-9/h1-5H,6-8,11H2. The molecule has 1 fully saturated rings. The van der Waals surface area contributed by atoms with E-state index in [0.29, 0.717) is 6.54 Å². The molecule has 0 radical (unpaired) electrons. The van der Waals surface area contributed by atoms with Crippen molar-refractivity contribution in [2.45, 2.75) is 9.64 Å². The van der Waals surface area contributed by atoms with Gasteiger partial charge in [0.15, 0.2) is 0 Å². The summed E-state index contributed by atoms with van der Waals surface area (Å²) in [6.45, 7) is 2.25. The summed E-state index contributed by atoms with van der Waals surface area (Å²) in [5.41, 5.74) is 5.72. The molecule has 2 nitrogen and oxygen atoms in total. The molecule has 0 atom stereocenters. The molecule has 2 N–H and O–H groups in total. The zero-order chi connectivity index (χ0) is 9.15. The third kappa shape index (κ3) is 1.88. The molecule has 1 aliphatic rings. The number of hydrogen-bond acceptors (Lipinski definition) is 3. The van der Waals surface area contributed by atoms with E-state index in [4.69, 9.17) is 10.5 Å². The topological polar surface area (TPSA) is 35.2 Å². The van der Waals surface area contributed by atoms with Gasteiger partial charge in [-0.2, -0.15) is 0 Å². The smallest absolute Gasteiger partial charge is 0.0794 e. The van der Waals surface area contributed by atoms with Crippen molar-refractivity contribution < 1.29 is 4.74 Å². The predicted molar refractivity (Wildman–Crippen MR) is 54.9 cm³/mol.